The summed E-state index contributed by atoms with van der Waals surface area (Å²) in [6.07, 6.45) is -1.08. The van der Waals surface area contributed by atoms with Gasteiger partial charge in [-0.2, -0.15) is 0 Å². The van der Waals surface area contributed by atoms with Crippen LogP contribution in [0.2, 0.25) is 0 Å². The van der Waals surface area contributed by atoms with Crippen molar-refractivity contribution in [2.75, 3.05) is 6.61 Å². The van der Waals surface area contributed by atoms with Crippen molar-refractivity contribution in [3.8, 4) is 0 Å². The van der Waals surface area contributed by atoms with E-state index >= 15 is 0 Å². The molecule has 0 aromatic rings. The van der Waals surface area contributed by atoms with Gasteiger partial charge in [-0.1, -0.05) is 26.0 Å². The number of ketones is 2. The first-order valence-electron chi connectivity index (χ1n) is 11.9. The Bertz CT molecular complexity index is 954. The van der Waals surface area contributed by atoms with Gasteiger partial charge in [-0.05, 0) is 46.5 Å². The van der Waals surface area contributed by atoms with Gasteiger partial charge in [0.2, 0.25) is 5.79 Å². The number of Topliss-reactive ketones (excluding diaryl/α,β-unsaturated/α-hetero) is 2. The third-order valence-corrected chi connectivity index (χ3v) is 9.88. The zero-order chi connectivity index (χ0) is 23.2. The minimum Gasteiger partial charge on any atom is -0.387 e. The first kappa shape index (κ1) is 21.4. The van der Waals surface area contributed by atoms with Crippen molar-refractivity contribution >= 4 is 11.6 Å². The molecule has 10 atom stereocenters. The maximum atomic E-state index is 14.0. The van der Waals surface area contributed by atoms with E-state index in [-0.39, 0.29) is 36.1 Å². The van der Waals surface area contributed by atoms with E-state index < -0.39 is 52.0 Å². The summed E-state index contributed by atoms with van der Waals surface area (Å²) in [5.74, 6) is -3.75. The van der Waals surface area contributed by atoms with Crippen LogP contribution < -0.4 is 0 Å². The van der Waals surface area contributed by atoms with E-state index in [4.69, 9.17) is 18.9 Å². The summed E-state index contributed by atoms with van der Waals surface area (Å²) in [6, 6.07) is 0. The minimum atomic E-state index is -1.59. The molecule has 2 spiro atoms. The lowest BCUT2D eigenvalue weighted by Gasteiger charge is -2.77. The van der Waals surface area contributed by atoms with Crippen LogP contribution in [-0.4, -0.2) is 59.3 Å². The Hall–Kier alpha value is -1.12. The second-order valence-electron chi connectivity index (χ2n) is 12.1. The molecular formula is C25H34O7. The molecule has 4 heterocycles. The molecule has 3 aliphatic carbocycles. The number of epoxide rings is 1. The van der Waals surface area contributed by atoms with Gasteiger partial charge in [0.25, 0.3) is 0 Å². The summed E-state index contributed by atoms with van der Waals surface area (Å²) < 4.78 is 25.4. The van der Waals surface area contributed by atoms with Gasteiger partial charge >= 0.3 is 0 Å². The van der Waals surface area contributed by atoms with Crippen molar-refractivity contribution < 1.29 is 33.6 Å². The number of hydrogen-bond donors (Lipinski definition) is 1. The van der Waals surface area contributed by atoms with E-state index in [1.165, 1.54) is 6.92 Å². The van der Waals surface area contributed by atoms with Crippen LogP contribution in [0.15, 0.2) is 12.2 Å². The average Bonchev–Trinajstić information content (AvgIpc) is 3.48. The fourth-order valence-corrected chi connectivity index (χ4v) is 8.96. The van der Waals surface area contributed by atoms with Gasteiger partial charge < -0.3 is 24.1 Å². The summed E-state index contributed by atoms with van der Waals surface area (Å²) in [4.78, 5) is 27.8. The van der Waals surface area contributed by atoms with Gasteiger partial charge in [-0.25, -0.2) is 0 Å². The Balaban J connectivity index is 1.67. The van der Waals surface area contributed by atoms with Gasteiger partial charge in [0.05, 0.1) is 24.2 Å². The average molecular weight is 447 g/mol. The molecule has 7 nitrogen and oxygen atoms in total. The van der Waals surface area contributed by atoms with Crippen molar-refractivity contribution in [3.05, 3.63) is 12.2 Å². The van der Waals surface area contributed by atoms with Gasteiger partial charge in [-0.15, -0.1) is 0 Å². The fourth-order valence-electron chi connectivity index (χ4n) is 8.96. The first-order valence-corrected chi connectivity index (χ1v) is 11.9. The van der Waals surface area contributed by atoms with E-state index in [1.807, 2.05) is 6.92 Å². The molecule has 7 heteroatoms. The second-order valence-corrected chi connectivity index (χ2v) is 12.1. The Morgan fingerprint density at radius 3 is 2.44 bits per heavy atom. The topological polar surface area (TPSA) is 94.6 Å². The zero-order valence-corrected chi connectivity index (χ0v) is 19.8. The standard InChI is InChI=1S/C25H34O7/c1-11(2)13-8-9-14-23-10-29-25(24(14,12(3)26)19(13)31-22(6,7)32-25)18(28)16(23)21(4,5)20-15(30-20)17(23)27/h13-16,18-20,28H,1,8-10H2,2-7H3/t13-,14-,15?,16+,18-,19+,20?,23-,24+,25?/m0/s1. The maximum Gasteiger partial charge on any atom is 0.213 e. The quantitative estimate of drug-likeness (QED) is 0.514. The normalized spacial score (nSPS) is 56.0. The predicted molar refractivity (Wildman–Crippen MR) is 112 cm³/mol. The number of aliphatic hydroxyl groups is 1. The van der Waals surface area contributed by atoms with Crippen molar-refractivity contribution in [1.82, 2.24) is 0 Å². The molecule has 0 amide bonds. The molecule has 3 saturated carbocycles. The van der Waals surface area contributed by atoms with Crippen LogP contribution in [0.4, 0.5) is 0 Å². The monoisotopic (exact) mass is 446 g/mol. The third-order valence-electron chi connectivity index (χ3n) is 9.88. The number of hydrogen-bond acceptors (Lipinski definition) is 7. The van der Waals surface area contributed by atoms with E-state index in [1.54, 1.807) is 13.8 Å². The lowest BCUT2D eigenvalue weighted by molar-refractivity contribution is -0.526. The number of carbonyl (C=O) groups is 2. The number of rotatable bonds is 2. The highest BCUT2D eigenvalue weighted by molar-refractivity contribution is 5.97. The highest BCUT2D eigenvalue weighted by Gasteiger charge is 2.90. The molecule has 3 unspecified atom stereocenters. The Morgan fingerprint density at radius 1 is 1.12 bits per heavy atom. The Labute approximate surface area is 188 Å². The summed E-state index contributed by atoms with van der Waals surface area (Å²) in [5.41, 5.74) is -1.86. The lowest BCUT2D eigenvalue weighted by atomic mass is 9.34. The number of carbonyl (C=O) groups excluding carboxylic acids is 2. The third kappa shape index (κ3) is 1.97. The van der Waals surface area contributed by atoms with Crippen LogP contribution >= 0.6 is 0 Å². The molecule has 2 bridgehead atoms. The summed E-state index contributed by atoms with van der Waals surface area (Å²) in [7, 11) is 0. The van der Waals surface area contributed by atoms with Crippen LogP contribution in [0.5, 0.6) is 0 Å². The van der Waals surface area contributed by atoms with Gasteiger partial charge in [0.15, 0.2) is 11.6 Å². The molecule has 1 N–H and O–H groups in total. The SMILES string of the molecule is C=C(C)[C@@H]1CC[C@H]2[C@@]34COC5(OC(C)(C)O[C@H]1[C@@]25C(C)=O)[C@@H](O)[C@@H]3C(C)(C)C1OC1C4=O. The summed E-state index contributed by atoms with van der Waals surface area (Å²) in [5, 5.41) is 12.1. The van der Waals surface area contributed by atoms with Crippen LogP contribution in [0.1, 0.15) is 54.4 Å². The molecule has 4 aliphatic heterocycles. The fraction of sp³-hybridized carbons (Fsp3) is 0.840. The van der Waals surface area contributed by atoms with Gasteiger partial charge in [0.1, 0.15) is 23.4 Å². The number of fused-ring (bicyclic) bond motifs is 2. The second kappa shape index (κ2) is 5.74. The summed E-state index contributed by atoms with van der Waals surface area (Å²) in [6.45, 7) is 15.5. The predicted octanol–water partition coefficient (Wildman–Crippen LogP) is 2.40. The zero-order valence-electron chi connectivity index (χ0n) is 19.8. The van der Waals surface area contributed by atoms with Crippen LogP contribution in [-0.2, 0) is 28.5 Å². The van der Waals surface area contributed by atoms with Crippen LogP contribution in [0, 0.1) is 34.0 Å². The van der Waals surface area contributed by atoms with Gasteiger partial charge in [-0.3, -0.25) is 9.59 Å². The minimum absolute atomic E-state index is 0.0258. The lowest BCUT2D eigenvalue weighted by Crippen LogP contribution is -2.90. The molecule has 0 aromatic carbocycles. The number of ether oxygens (including phenoxy) is 4. The highest BCUT2D eigenvalue weighted by Crippen LogP contribution is 2.77. The largest absolute Gasteiger partial charge is 0.387 e. The van der Waals surface area contributed by atoms with Crippen molar-refractivity contribution in [2.45, 2.75) is 90.4 Å². The van der Waals surface area contributed by atoms with Crippen molar-refractivity contribution in [2.24, 2.45) is 34.0 Å². The van der Waals surface area contributed by atoms with E-state index in [2.05, 4.69) is 20.4 Å². The molecule has 32 heavy (non-hydrogen) atoms. The molecule has 0 radical (unpaired) electrons. The van der Waals surface area contributed by atoms with Crippen LogP contribution in [0.25, 0.3) is 0 Å². The highest BCUT2D eigenvalue weighted by atomic mass is 16.8. The molecule has 7 fully saturated rings. The van der Waals surface area contributed by atoms with E-state index in [0.29, 0.717) is 6.42 Å². The molecule has 4 saturated heterocycles. The molecule has 0 aromatic heterocycles. The molecule has 176 valence electrons. The Morgan fingerprint density at radius 2 is 1.81 bits per heavy atom. The van der Waals surface area contributed by atoms with Crippen molar-refractivity contribution in [1.29, 1.82) is 0 Å². The van der Waals surface area contributed by atoms with Crippen LogP contribution in [0.3, 0.4) is 0 Å². The van der Waals surface area contributed by atoms with Crippen molar-refractivity contribution in [3.63, 3.8) is 0 Å². The summed E-state index contributed by atoms with van der Waals surface area (Å²) >= 11 is 0. The number of aliphatic hydroxyl groups excluding tert-OH is 1. The maximum absolute atomic E-state index is 14.0. The smallest absolute Gasteiger partial charge is 0.213 e. The first-order chi connectivity index (χ1) is 14.8. The van der Waals surface area contributed by atoms with Gasteiger partial charge in [0, 0.05) is 17.3 Å². The van der Waals surface area contributed by atoms with E-state index in [0.717, 1.165) is 12.0 Å². The molecular weight excluding hydrogens is 412 g/mol. The molecule has 7 aliphatic rings. The molecule has 7 rings (SSSR count). The Kier molecular flexibility index (Phi) is 3.84. The van der Waals surface area contributed by atoms with E-state index in [9.17, 15) is 14.7 Å².